The average molecular weight is 591 g/mol. The van der Waals surface area contributed by atoms with Crippen LogP contribution in [0.15, 0.2) is 59.5 Å². The summed E-state index contributed by atoms with van der Waals surface area (Å²) in [6.07, 6.45) is 12.2. The summed E-state index contributed by atoms with van der Waals surface area (Å²) < 4.78 is 32.9. The van der Waals surface area contributed by atoms with Gasteiger partial charge in [0.2, 0.25) is 5.78 Å². The molecule has 0 spiro atoms. The number of carbonyl (C=O) groups excluding carboxylic acids is 1. The molecular formula is C30H31FN6O2S2. The summed E-state index contributed by atoms with van der Waals surface area (Å²) >= 11 is 1.52. The monoisotopic (exact) mass is 590 g/mol. The molecule has 0 radical (unpaired) electrons. The smallest absolute Gasteiger partial charge is 0.201 e. The highest BCUT2D eigenvalue weighted by Crippen LogP contribution is 2.52. The molecule has 7 rings (SSSR count). The van der Waals surface area contributed by atoms with Crippen LogP contribution in [-0.4, -0.2) is 57.8 Å². The van der Waals surface area contributed by atoms with Crippen molar-refractivity contribution in [2.24, 2.45) is 12.5 Å². The zero-order valence-corrected chi connectivity index (χ0v) is 24.6. The second kappa shape index (κ2) is 9.57. The van der Waals surface area contributed by atoms with E-state index in [1.807, 2.05) is 28.4 Å². The molecule has 8 nitrogen and oxygen atoms in total. The van der Waals surface area contributed by atoms with Gasteiger partial charge in [0.1, 0.15) is 5.82 Å². The van der Waals surface area contributed by atoms with Crippen molar-refractivity contribution < 1.29 is 13.4 Å². The van der Waals surface area contributed by atoms with Crippen molar-refractivity contribution in [2.45, 2.75) is 55.5 Å². The Bertz CT molecular complexity index is 1800. The van der Waals surface area contributed by atoms with Crippen molar-refractivity contribution in [1.82, 2.24) is 28.9 Å². The van der Waals surface area contributed by atoms with Crippen LogP contribution in [0, 0.1) is 11.2 Å². The number of allylic oxidation sites excluding steroid dienone is 1. The van der Waals surface area contributed by atoms with Crippen molar-refractivity contribution in [1.29, 1.82) is 0 Å². The number of halogens is 1. The van der Waals surface area contributed by atoms with Crippen LogP contribution < -0.4 is 0 Å². The molecule has 0 aliphatic heterocycles. The number of Topliss-reactive ketones (excluding diaryl/α,β-unsaturated/α-hetero) is 1. The lowest BCUT2D eigenvalue weighted by Gasteiger charge is -2.46. The van der Waals surface area contributed by atoms with Crippen LogP contribution in [0.4, 0.5) is 4.39 Å². The standard InChI is InChI=1S/C30H31FN6O2S2/c1-35-13-12-27(34-35)41(3,39)36(2)24-9-6-21-14-25-20(17-33-37(25)23-10-7-22(31)8-11-23)15-30(21,16-24)28(38)29-32-18-26(40-29)19-4-5-19/h7-8,10-14,17-19,24H,3-6,9,15-16H2,1-2H3/t24-,30-,41?/m0/s1. The molecule has 11 heteroatoms. The van der Waals surface area contributed by atoms with Gasteiger partial charge < -0.3 is 0 Å². The molecule has 1 unspecified atom stereocenters. The third-order valence-electron chi connectivity index (χ3n) is 8.83. The molecule has 0 amide bonds. The molecule has 3 aromatic heterocycles. The molecule has 0 saturated heterocycles. The highest BCUT2D eigenvalue weighted by molar-refractivity contribution is 7.98. The summed E-state index contributed by atoms with van der Waals surface area (Å²) in [4.78, 5) is 20.3. The van der Waals surface area contributed by atoms with Crippen molar-refractivity contribution in [3.8, 4) is 5.69 Å². The van der Waals surface area contributed by atoms with Crippen molar-refractivity contribution >= 4 is 38.8 Å². The number of fused-ring (bicyclic) bond motifs is 2. The van der Waals surface area contributed by atoms with Gasteiger partial charge in [-0.05, 0) is 99.3 Å². The topological polar surface area (TPSA) is 85.9 Å². The van der Waals surface area contributed by atoms with Crippen LogP contribution in [0.5, 0.6) is 0 Å². The van der Waals surface area contributed by atoms with Crippen molar-refractivity contribution in [3.05, 3.63) is 81.5 Å². The van der Waals surface area contributed by atoms with Crippen LogP contribution >= 0.6 is 11.3 Å². The largest absolute Gasteiger partial charge is 0.290 e. The quantitative estimate of drug-likeness (QED) is 0.222. The molecule has 2 fully saturated rings. The number of ketones is 1. The first-order valence-electron chi connectivity index (χ1n) is 13.8. The minimum absolute atomic E-state index is 0.0207. The van der Waals surface area contributed by atoms with E-state index in [2.05, 4.69) is 27.1 Å². The Morgan fingerprint density at radius 2 is 1.98 bits per heavy atom. The van der Waals surface area contributed by atoms with Crippen LogP contribution in [0.2, 0.25) is 0 Å². The average Bonchev–Trinajstić information content (AvgIpc) is 3.32. The lowest BCUT2D eigenvalue weighted by atomic mass is 9.61. The lowest BCUT2D eigenvalue weighted by molar-refractivity contribution is 0.0754. The van der Waals surface area contributed by atoms with Crippen LogP contribution in [-0.2, 0) is 23.2 Å². The predicted molar refractivity (Wildman–Crippen MR) is 158 cm³/mol. The minimum Gasteiger partial charge on any atom is -0.290 e. The van der Waals surface area contributed by atoms with Gasteiger partial charge in [-0.1, -0.05) is 5.57 Å². The van der Waals surface area contributed by atoms with Gasteiger partial charge in [-0.2, -0.15) is 10.2 Å². The molecule has 3 aliphatic rings. The molecule has 3 heterocycles. The lowest BCUT2D eigenvalue weighted by Crippen LogP contribution is -2.49. The Kier molecular flexibility index (Phi) is 6.18. The Morgan fingerprint density at radius 3 is 2.68 bits per heavy atom. The number of aryl methyl sites for hydroxylation is 1. The van der Waals surface area contributed by atoms with Crippen molar-refractivity contribution in [3.63, 3.8) is 0 Å². The zero-order chi connectivity index (χ0) is 28.5. The van der Waals surface area contributed by atoms with E-state index in [9.17, 15) is 13.4 Å². The third kappa shape index (κ3) is 4.41. The number of hydrogen-bond acceptors (Lipinski definition) is 6. The van der Waals surface area contributed by atoms with Gasteiger partial charge in [0.15, 0.2) is 10.0 Å². The fraction of sp³-hybridized carbons (Fsp3) is 0.367. The first-order chi connectivity index (χ1) is 19.7. The van der Waals surface area contributed by atoms with E-state index < -0.39 is 15.1 Å². The van der Waals surface area contributed by atoms with E-state index in [-0.39, 0.29) is 17.6 Å². The Labute approximate surface area is 242 Å². The van der Waals surface area contributed by atoms with E-state index in [1.54, 1.807) is 36.1 Å². The maximum absolute atomic E-state index is 14.5. The van der Waals surface area contributed by atoms with E-state index >= 15 is 0 Å². The molecule has 0 bridgehead atoms. The molecule has 3 atom stereocenters. The summed E-state index contributed by atoms with van der Waals surface area (Å²) in [6, 6.07) is 7.85. The summed E-state index contributed by atoms with van der Waals surface area (Å²) in [6.45, 7) is 0. The maximum atomic E-state index is 14.5. The number of nitrogens with zero attached hydrogens (tertiary/aromatic N) is 6. The van der Waals surface area contributed by atoms with E-state index in [0.717, 1.165) is 41.8 Å². The van der Waals surface area contributed by atoms with E-state index in [1.165, 1.54) is 28.3 Å². The summed E-state index contributed by atoms with van der Waals surface area (Å²) in [5.74, 6) is 4.33. The Morgan fingerprint density at radius 1 is 1.20 bits per heavy atom. The van der Waals surface area contributed by atoms with Gasteiger partial charge in [0, 0.05) is 30.4 Å². The van der Waals surface area contributed by atoms with Gasteiger partial charge in [-0.25, -0.2) is 22.6 Å². The van der Waals surface area contributed by atoms with Gasteiger partial charge in [-0.15, -0.1) is 11.3 Å². The summed E-state index contributed by atoms with van der Waals surface area (Å²) in [7, 11) is 0.765. The Hall–Kier alpha value is -3.41. The minimum atomic E-state index is -2.86. The highest BCUT2D eigenvalue weighted by Gasteiger charge is 2.51. The van der Waals surface area contributed by atoms with E-state index in [4.69, 9.17) is 0 Å². The molecule has 1 aromatic carbocycles. The van der Waals surface area contributed by atoms with Gasteiger partial charge in [0.25, 0.3) is 0 Å². The van der Waals surface area contributed by atoms with Gasteiger partial charge in [0.05, 0.1) is 32.7 Å². The predicted octanol–water partition coefficient (Wildman–Crippen LogP) is 5.06. The first-order valence-corrected chi connectivity index (χ1v) is 16.3. The molecule has 212 valence electrons. The third-order valence-corrected chi connectivity index (χ3v) is 12.1. The van der Waals surface area contributed by atoms with Crippen LogP contribution in [0.1, 0.15) is 64.0 Å². The van der Waals surface area contributed by atoms with Gasteiger partial charge in [-0.3, -0.25) is 9.48 Å². The fourth-order valence-corrected chi connectivity index (χ4v) is 8.90. The SMILES string of the molecule is C=S(=O)(c1ccn(C)n1)N(C)[C@H]1CCC2=Cc3c(cnn3-c3ccc(F)cc3)C[C@]2(C(=O)c2ncc(C3CC3)s2)C1. The summed E-state index contributed by atoms with van der Waals surface area (Å²) in [5, 5.41) is 10.00. The number of thiazole rings is 1. The zero-order valence-electron chi connectivity index (χ0n) is 23.0. The van der Waals surface area contributed by atoms with Gasteiger partial charge >= 0.3 is 0 Å². The fourth-order valence-electron chi connectivity index (χ4n) is 6.29. The second-order valence-corrected chi connectivity index (χ2v) is 14.8. The number of rotatable bonds is 7. The van der Waals surface area contributed by atoms with Crippen LogP contribution in [0.3, 0.4) is 0 Å². The normalized spacial score (nSPS) is 23.5. The van der Waals surface area contributed by atoms with Crippen molar-refractivity contribution in [2.75, 3.05) is 7.05 Å². The molecule has 2 saturated carbocycles. The number of aromatic nitrogens is 5. The highest BCUT2D eigenvalue weighted by atomic mass is 32.2. The first kappa shape index (κ1) is 26.5. The van der Waals surface area contributed by atoms with Crippen LogP contribution in [0.25, 0.3) is 11.8 Å². The number of hydrogen-bond donors (Lipinski definition) is 0. The van der Waals surface area contributed by atoms with E-state index in [0.29, 0.717) is 35.2 Å². The molecule has 4 aromatic rings. The summed E-state index contributed by atoms with van der Waals surface area (Å²) in [5.41, 5.74) is 2.83. The number of carbonyl (C=O) groups is 1. The maximum Gasteiger partial charge on any atom is 0.201 e. The second-order valence-electron chi connectivity index (χ2n) is 11.5. The number of benzene rings is 1. The molecule has 41 heavy (non-hydrogen) atoms. The Balaban J connectivity index is 1.29. The molecule has 3 aliphatic carbocycles. The molecular weight excluding hydrogens is 560 g/mol. The molecule has 0 N–H and O–H groups in total.